The number of ether oxygens (including phenoxy) is 1. The summed E-state index contributed by atoms with van der Waals surface area (Å²) in [7, 11) is 0. The number of carbonyl (C=O) groups excluding carboxylic acids is 2. The Balaban J connectivity index is 1.64. The average Bonchev–Trinajstić information content (AvgIpc) is 3.17. The van der Waals surface area contributed by atoms with Gasteiger partial charge in [-0.3, -0.25) is 4.79 Å². The highest BCUT2D eigenvalue weighted by Crippen LogP contribution is 2.36. The molecule has 1 heterocycles. The molecule has 0 fully saturated rings. The van der Waals surface area contributed by atoms with Crippen molar-refractivity contribution in [3.05, 3.63) is 118 Å². The van der Waals surface area contributed by atoms with Gasteiger partial charge in [0.1, 0.15) is 0 Å². The molecule has 0 bridgehead atoms. The van der Waals surface area contributed by atoms with Gasteiger partial charge in [-0.1, -0.05) is 60.1 Å². The zero-order chi connectivity index (χ0) is 26.7. The van der Waals surface area contributed by atoms with Gasteiger partial charge >= 0.3 is 12.1 Å². The van der Waals surface area contributed by atoms with Crippen LogP contribution in [0.15, 0.2) is 84.9 Å². The maximum atomic E-state index is 13.3. The number of halogens is 4. The van der Waals surface area contributed by atoms with Gasteiger partial charge in [0.2, 0.25) is 6.10 Å². The molecule has 0 aliphatic carbocycles. The van der Waals surface area contributed by atoms with Crippen molar-refractivity contribution in [1.29, 1.82) is 0 Å². The second-order valence-corrected chi connectivity index (χ2v) is 8.74. The van der Waals surface area contributed by atoms with E-state index in [4.69, 9.17) is 16.3 Å². The molecule has 190 valence electrons. The summed E-state index contributed by atoms with van der Waals surface area (Å²) in [6.45, 7) is 3.61. The summed E-state index contributed by atoms with van der Waals surface area (Å²) in [6, 6.07) is 22.4. The first kappa shape index (κ1) is 26.0. The van der Waals surface area contributed by atoms with Crippen molar-refractivity contribution in [3.63, 3.8) is 0 Å². The van der Waals surface area contributed by atoms with Crippen LogP contribution in [0, 0.1) is 13.8 Å². The number of nitrogens with zero attached hydrogens (tertiary/aromatic N) is 1. The van der Waals surface area contributed by atoms with Crippen LogP contribution in [-0.4, -0.2) is 16.4 Å². The van der Waals surface area contributed by atoms with Crippen LogP contribution in [0.1, 0.15) is 39.0 Å². The molecule has 4 aromatic rings. The summed E-state index contributed by atoms with van der Waals surface area (Å²) in [5.41, 5.74) is 1.66. The van der Waals surface area contributed by atoms with Gasteiger partial charge in [0, 0.05) is 28.3 Å². The van der Waals surface area contributed by atoms with Gasteiger partial charge in [-0.05, 0) is 50.2 Å². The number of aryl methyl sites for hydroxylation is 1. The first-order chi connectivity index (χ1) is 17.6. The van der Waals surface area contributed by atoms with Crippen LogP contribution in [0.2, 0.25) is 5.02 Å². The maximum Gasteiger partial charge on any atom is 0.417 e. The highest BCUT2D eigenvalue weighted by atomic mass is 35.5. The van der Waals surface area contributed by atoms with Gasteiger partial charge in [-0.15, -0.1) is 0 Å². The third-order valence-corrected chi connectivity index (χ3v) is 6.10. The molecule has 1 atom stereocenters. The van der Waals surface area contributed by atoms with Crippen LogP contribution in [0.25, 0.3) is 5.69 Å². The van der Waals surface area contributed by atoms with Crippen LogP contribution >= 0.6 is 11.6 Å². The predicted octanol–water partition coefficient (Wildman–Crippen LogP) is 7.30. The lowest BCUT2D eigenvalue weighted by atomic mass is 10.1. The molecule has 1 unspecified atom stereocenters. The molecule has 0 radical (unpaired) electrons. The van der Waals surface area contributed by atoms with Crippen molar-refractivity contribution in [1.82, 2.24) is 4.57 Å². The molecule has 37 heavy (non-hydrogen) atoms. The van der Waals surface area contributed by atoms with E-state index in [9.17, 15) is 22.8 Å². The minimum Gasteiger partial charge on any atom is -0.444 e. The summed E-state index contributed by atoms with van der Waals surface area (Å²) in [5.74, 6) is -1.56. The number of amides is 1. The van der Waals surface area contributed by atoms with E-state index in [1.807, 2.05) is 41.8 Å². The molecule has 0 aliphatic heterocycles. The van der Waals surface area contributed by atoms with Crippen molar-refractivity contribution in [3.8, 4) is 5.69 Å². The van der Waals surface area contributed by atoms with E-state index in [2.05, 4.69) is 5.32 Å². The van der Waals surface area contributed by atoms with Gasteiger partial charge in [-0.2, -0.15) is 13.2 Å². The Morgan fingerprint density at radius 1 is 0.919 bits per heavy atom. The van der Waals surface area contributed by atoms with Crippen molar-refractivity contribution in [2.24, 2.45) is 0 Å². The van der Waals surface area contributed by atoms with Crippen molar-refractivity contribution in [2.45, 2.75) is 26.1 Å². The van der Waals surface area contributed by atoms with E-state index in [0.717, 1.165) is 23.5 Å². The molecule has 9 heteroatoms. The van der Waals surface area contributed by atoms with E-state index < -0.39 is 34.7 Å². The standard InChI is InChI=1S/C28H22ClF3N2O3/c1-17-15-22(18(2)34(17)21-11-7-4-8-12-21)27(36)37-25(19-9-5-3-6-10-19)26(35)33-20-13-14-24(29)23(16-20)28(30,31)32/h3-16,25H,1-2H3,(H,33,35). The van der Waals surface area contributed by atoms with Gasteiger partial charge in [0.15, 0.2) is 0 Å². The normalized spacial score (nSPS) is 12.2. The third-order valence-electron chi connectivity index (χ3n) is 5.77. The van der Waals surface area contributed by atoms with Gasteiger partial charge in [0.25, 0.3) is 5.91 Å². The zero-order valence-corrected chi connectivity index (χ0v) is 20.6. The molecule has 1 aromatic heterocycles. The first-order valence-electron chi connectivity index (χ1n) is 11.2. The quantitative estimate of drug-likeness (QED) is 0.268. The number of aromatic nitrogens is 1. The van der Waals surface area contributed by atoms with Gasteiger partial charge in [-0.25, -0.2) is 4.79 Å². The monoisotopic (exact) mass is 526 g/mol. The topological polar surface area (TPSA) is 60.3 Å². The second kappa shape index (κ2) is 10.5. The highest BCUT2D eigenvalue weighted by molar-refractivity contribution is 6.31. The molecule has 0 saturated carbocycles. The predicted molar refractivity (Wildman–Crippen MR) is 135 cm³/mol. The summed E-state index contributed by atoms with van der Waals surface area (Å²) in [5, 5.41) is 1.92. The van der Waals surface area contributed by atoms with Crippen LogP contribution in [0.5, 0.6) is 0 Å². The molecule has 0 spiro atoms. The SMILES string of the molecule is Cc1cc(C(=O)OC(C(=O)Nc2ccc(Cl)c(C(F)(F)F)c2)c2ccccc2)c(C)n1-c1ccccc1. The highest BCUT2D eigenvalue weighted by Gasteiger charge is 2.34. The van der Waals surface area contributed by atoms with E-state index >= 15 is 0 Å². The van der Waals surface area contributed by atoms with E-state index in [1.165, 1.54) is 6.07 Å². The molecular formula is C28H22ClF3N2O3. The number of benzene rings is 3. The fourth-order valence-corrected chi connectivity index (χ4v) is 4.27. The Morgan fingerprint density at radius 3 is 2.16 bits per heavy atom. The molecule has 1 N–H and O–H groups in total. The van der Waals surface area contributed by atoms with Gasteiger partial charge in [0.05, 0.1) is 16.1 Å². The molecule has 4 rings (SSSR count). The van der Waals surface area contributed by atoms with E-state index in [-0.39, 0.29) is 11.3 Å². The maximum absolute atomic E-state index is 13.3. The van der Waals surface area contributed by atoms with E-state index in [0.29, 0.717) is 11.3 Å². The number of alkyl halides is 3. The minimum atomic E-state index is -4.70. The minimum absolute atomic E-state index is 0.138. The second-order valence-electron chi connectivity index (χ2n) is 8.33. The number of hydrogen-bond donors (Lipinski definition) is 1. The largest absolute Gasteiger partial charge is 0.444 e. The molecule has 0 saturated heterocycles. The first-order valence-corrected chi connectivity index (χ1v) is 11.6. The smallest absolute Gasteiger partial charge is 0.417 e. The van der Waals surface area contributed by atoms with Crippen LogP contribution in [-0.2, 0) is 15.7 Å². The Labute approximate surface area is 216 Å². The molecule has 5 nitrogen and oxygen atoms in total. The van der Waals surface area contributed by atoms with Crippen LogP contribution in [0.4, 0.5) is 18.9 Å². The van der Waals surface area contributed by atoms with Crippen LogP contribution in [0.3, 0.4) is 0 Å². The lowest BCUT2D eigenvalue weighted by Crippen LogP contribution is -2.26. The van der Waals surface area contributed by atoms with Crippen molar-refractivity contribution >= 4 is 29.2 Å². The Kier molecular flexibility index (Phi) is 7.40. The Hall–Kier alpha value is -4.04. The fourth-order valence-electron chi connectivity index (χ4n) is 4.04. The van der Waals surface area contributed by atoms with Crippen molar-refractivity contribution in [2.75, 3.05) is 5.32 Å². The number of esters is 1. The number of hydrogen-bond acceptors (Lipinski definition) is 3. The number of para-hydroxylation sites is 1. The Bertz CT molecular complexity index is 1430. The number of carbonyl (C=O) groups is 2. The molecular weight excluding hydrogens is 505 g/mol. The molecule has 0 aliphatic rings. The third kappa shape index (κ3) is 5.70. The summed E-state index contributed by atoms with van der Waals surface area (Å²) in [4.78, 5) is 26.4. The van der Waals surface area contributed by atoms with Gasteiger partial charge < -0.3 is 14.6 Å². The van der Waals surface area contributed by atoms with Crippen LogP contribution < -0.4 is 5.32 Å². The fraction of sp³-hybridized carbons (Fsp3) is 0.143. The summed E-state index contributed by atoms with van der Waals surface area (Å²) >= 11 is 5.68. The summed E-state index contributed by atoms with van der Waals surface area (Å²) in [6.07, 6.45) is -6.12. The van der Waals surface area contributed by atoms with E-state index in [1.54, 1.807) is 43.3 Å². The Morgan fingerprint density at radius 2 is 1.54 bits per heavy atom. The molecule has 1 amide bonds. The molecule has 3 aromatic carbocycles. The lowest BCUT2D eigenvalue weighted by Gasteiger charge is -2.19. The number of rotatable bonds is 6. The number of anilines is 1. The van der Waals surface area contributed by atoms with Crippen molar-refractivity contribution < 1.29 is 27.5 Å². The summed E-state index contributed by atoms with van der Waals surface area (Å²) < 4.78 is 47.4. The lowest BCUT2D eigenvalue weighted by molar-refractivity contribution is -0.137. The average molecular weight is 527 g/mol. The zero-order valence-electron chi connectivity index (χ0n) is 19.8. The number of nitrogens with one attached hydrogen (secondary N) is 1.